The summed E-state index contributed by atoms with van der Waals surface area (Å²) >= 11 is 0. The summed E-state index contributed by atoms with van der Waals surface area (Å²) in [5, 5.41) is 0. The molecule has 0 saturated heterocycles. The van der Waals surface area contributed by atoms with Crippen LogP contribution in [0.25, 0.3) is 0 Å². The summed E-state index contributed by atoms with van der Waals surface area (Å²) in [6, 6.07) is 2.19. The molecule has 1 atom stereocenters. The smallest absolute Gasteiger partial charge is 0.242 e. The highest BCUT2D eigenvalue weighted by atomic mass is 32.2. The molecule has 1 aromatic rings. The Morgan fingerprint density at radius 2 is 2.17 bits per heavy atom. The minimum absolute atomic E-state index is 0.0159. The Bertz CT molecular complexity index is 514. The van der Waals surface area contributed by atoms with E-state index in [0.29, 0.717) is 5.82 Å². The van der Waals surface area contributed by atoms with E-state index in [-0.39, 0.29) is 11.3 Å². The number of aromatic nitrogens is 1. The van der Waals surface area contributed by atoms with Crippen molar-refractivity contribution in [3.05, 3.63) is 18.3 Å². The van der Waals surface area contributed by atoms with Crippen molar-refractivity contribution in [2.75, 3.05) is 5.43 Å². The van der Waals surface area contributed by atoms with Crippen LogP contribution in [0.1, 0.15) is 13.3 Å². The number of rotatable bonds is 6. The molecule has 0 aliphatic heterocycles. The van der Waals surface area contributed by atoms with Gasteiger partial charge in [0.05, 0.1) is 0 Å². The highest BCUT2D eigenvalue weighted by molar-refractivity contribution is 7.89. The first-order valence-corrected chi connectivity index (χ1v) is 6.57. The molecule has 6 N–H and O–H groups in total. The van der Waals surface area contributed by atoms with Gasteiger partial charge in [-0.05, 0) is 19.1 Å². The molecule has 1 amide bonds. The third kappa shape index (κ3) is 3.95. The predicted octanol–water partition coefficient (Wildman–Crippen LogP) is -1.09. The standard InChI is InChI=1S/C9H15N5O3S/c1-6(4-8(10)15)14-18(16,17)7-2-3-9(13-11)12-5-7/h2-3,5-6,14H,4,11H2,1H3,(H2,10,15)(H,12,13). The number of carbonyl (C=O) groups excluding carboxylic acids is 1. The number of amides is 1. The van der Waals surface area contributed by atoms with E-state index in [4.69, 9.17) is 11.6 Å². The van der Waals surface area contributed by atoms with E-state index in [0.717, 1.165) is 6.20 Å². The van der Waals surface area contributed by atoms with Crippen LogP contribution in [0.5, 0.6) is 0 Å². The zero-order valence-electron chi connectivity index (χ0n) is 9.75. The topological polar surface area (TPSA) is 140 Å². The van der Waals surface area contributed by atoms with Gasteiger partial charge in [0.1, 0.15) is 10.7 Å². The Kier molecular flexibility index (Phi) is 4.59. The lowest BCUT2D eigenvalue weighted by Gasteiger charge is -2.12. The lowest BCUT2D eigenvalue weighted by atomic mass is 10.2. The van der Waals surface area contributed by atoms with Gasteiger partial charge in [-0.2, -0.15) is 0 Å². The number of primary amides is 1. The normalized spacial score (nSPS) is 13.0. The molecule has 0 fully saturated rings. The summed E-state index contributed by atoms with van der Waals surface area (Å²) in [6.07, 6.45) is 1.09. The Morgan fingerprint density at radius 3 is 2.61 bits per heavy atom. The number of nitrogens with one attached hydrogen (secondary N) is 2. The predicted molar refractivity (Wildman–Crippen MR) is 65.6 cm³/mol. The van der Waals surface area contributed by atoms with Crippen LogP contribution in [0.4, 0.5) is 5.82 Å². The van der Waals surface area contributed by atoms with E-state index in [9.17, 15) is 13.2 Å². The van der Waals surface area contributed by atoms with E-state index < -0.39 is 22.0 Å². The first kappa shape index (κ1) is 14.4. The maximum atomic E-state index is 11.9. The molecule has 18 heavy (non-hydrogen) atoms. The fraction of sp³-hybridized carbons (Fsp3) is 0.333. The molecule has 0 aliphatic rings. The molecule has 0 spiro atoms. The van der Waals surface area contributed by atoms with E-state index in [2.05, 4.69) is 15.1 Å². The summed E-state index contributed by atoms with van der Waals surface area (Å²) < 4.78 is 26.1. The van der Waals surface area contributed by atoms with Crippen LogP contribution in [0.15, 0.2) is 23.2 Å². The Balaban J connectivity index is 2.82. The fourth-order valence-electron chi connectivity index (χ4n) is 1.30. The van der Waals surface area contributed by atoms with Gasteiger partial charge in [0, 0.05) is 18.7 Å². The van der Waals surface area contributed by atoms with Crippen LogP contribution in [0.3, 0.4) is 0 Å². The zero-order valence-corrected chi connectivity index (χ0v) is 10.6. The highest BCUT2D eigenvalue weighted by Gasteiger charge is 2.18. The largest absolute Gasteiger partial charge is 0.370 e. The molecular formula is C9H15N5O3S. The average molecular weight is 273 g/mol. The quantitative estimate of drug-likeness (QED) is 0.383. The van der Waals surface area contributed by atoms with E-state index >= 15 is 0 Å². The molecule has 1 heterocycles. The summed E-state index contributed by atoms with van der Waals surface area (Å²) in [4.78, 5) is 14.4. The summed E-state index contributed by atoms with van der Waals surface area (Å²) in [7, 11) is -3.72. The third-order valence-electron chi connectivity index (χ3n) is 2.06. The molecule has 0 aromatic carbocycles. The molecule has 1 rings (SSSR count). The fourth-order valence-corrected chi connectivity index (χ4v) is 2.49. The lowest BCUT2D eigenvalue weighted by molar-refractivity contribution is -0.118. The van der Waals surface area contributed by atoms with E-state index in [1.165, 1.54) is 12.1 Å². The molecule has 0 saturated carbocycles. The maximum absolute atomic E-state index is 11.9. The van der Waals surface area contributed by atoms with Gasteiger partial charge in [-0.3, -0.25) is 4.79 Å². The van der Waals surface area contributed by atoms with Gasteiger partial charge in [0.2, 0.25) is 15.9 Å². The third-order valence-corrected chi connectivity index (χ3v) is 3.63. The molecule has 1 aromatic heterocycles. The van der Waals surface area contributed by atoms with Crippen LogP contribution in [0.2, 0.25) is 0 Å². The van der Waals surface area contributed by atoms with Gasteiger partial charge in [-0.1, -0.05) is 0 Å². The number of nitrogens with two attached hydrogens (primary N) is 2. The average Bonchev–Trinajstić information content (AvgIpc) is 2.27. The maximum Gasteiger partial charge on any atom is 0.242 e. The number of nitrogen functional groups attached to an aromatic ring is 1. The first-order valence-electron chi connectivity index (χ1n) is 5.08. The molecule has 9 heteroatoms. The van der Waals surface area contributed by atoms with Crippen LogP contribution in [0, 0.1) is 0 Å². The number of sulfonamides is 1. The van der Waals surface area contributed by atoms with Gasteiger partial charge in [-0.15, -0.1) is 0 Å². The molecular weight excluding hydrogens is 258 g/mol. The Hall–Kier alpha value is -1.71. The molecule has 0 radical (unpaired) electrons. The van der Waals surface area contributed by atoms with Gasteiger partial charge < -0.3 is 11.2 Å². The minimum Gasteiger partial charge on any atom is -0.370 e. The molecule has 0 aliphatic carbocycles. The number of carbonyl (C=O) groups is 1. The Labute approximate surface area is 105 Å². The molecule has 1 unspecified atom stereocenters. The van der Waals surface area contributed by atoms with Crippen molar-refractivity contribution in [1.82, 2.24) is 9.71 Å². The van der Waals surface area contributed by atoms with Crippen molar-refractivity contribution < 1.29 is 13.2 Å². The number of hydrogen-bond acceptors (Lipinski definition) is 6. The first-order chi connectivity index (χ1) is 8.35. The number of pyridine rings is 1. The number of hydrazine groups is 1. The van der Waals surface area contributed by atoms with Gasteiger partial charge in [-0.25, -0.2) is 24.0 Å². The van der Waals surface area contributed by atoms with Gasteiger partial charge in [0.15, 0.2) is 0 Å². The van der Waals surface area contributed by atoms with Crippen LogP contribution >= 0.6 is 0 Å². The lowest BCUT2D eigenvalue weighted by Crippen LogP contribution is -2.35. The monoisotopic (exact) mass is 273 g/mol. The minimum atomic E-state index is -3.72. The number of hydrogen-bond donors (Lipinski definition) is 4. The second kappa shape index (κ2) is 5.76. The summed E-state index contributed by atoms with van der Waals surface area (Å²) in [5.41, 5.74) is 7.27. The summed E-state index contributed by atoms with van der Waals surface area (Å²) in [6.45, 7) is 1.55. The van der Waals surface area contributed by atoms with Crippen molar-refractivity contribution in [2.24, 2.45) is 11.6 Å². The SMILES string of the molecule is CC(CC(N)=O)NS(=O)(=O)c1ccc(NN)nc1. The van der Waals surface area contributed by atoms with Crippen molar-refractivity contribution >= 4 is 21.7 Å². The van der Waals surface area contributed by atoms with Crippen LogP contribution < -0.4 is 21.7 Å². The number of nitrogens with zero attached hydrogens (tertiary/aromatic N) is 1. The van der Waals surface area contributed by atoms with Crippen molar-refractivity contribution in [2.45, 2.75) is 24.3 Å². The van der Waals surface area contributed by atoms with Gasteiger partial charge in [0.25, 0.3) is 0 Å². The molecule has 8 nitrogen and oxygen atoms in total. The van der Waals surface area contributed by atoms with Crippen LogP contribution in [-0.2, 0) is 14.8 Å². The number of anilines is 1. The highest BCUT2D eigenvalue weighted by Crippen LogP contribution is 2.10. The van der Waals surface area contributed by atoms with Crippen molar-refractivity contribution in [3.8, 4) is 0 Å². The molecule has 0 bridgehead atoms. The van der Waals surface area contributed by atoms with E-state index in [1.807, 2.05) is 0 Å². The summed E-state index contributed by atoms with van der Waals surface area (Å²) in [5.74, 6) is 4.88. The second-order valence-corrected chi connectivity index (χ2v) is 5.43. The second-order valence-electron chi connectivity index (χ2n) is 3.72. The van der Waals surface area contributed by atoms with Crippen molar-refractivity contribution in [1.29, 1.82) is 0 Å². The Morgan fingerprint density at radius 1 is 1.50 bits per heavy atom. The zero-order chi connectivity index (χ0) is 13.8. The molecule has 100 valence electrons. The van der Waals surface area contributed by atoms with Gasteiger partial charge >= 0.3 is 0 Å². The van der Waals surface area contributed by atoms with Crippen molar-refractivity contribution in [3.63, 3.8) is 0 Å². The van der Waals surface area contributed by atoms with Crippen LogP contribution in [-0.4, -0.2) is 25.4 Å². The van der Waals surface area contributed by atoms with E-state index in [1.54, 1.807) is 6.92 Å².